The number of hydrogen-bond donors (Lipinski definition) is 0. The van der Waals surface area contributed by atoms with Crippen molar-refractivity contribution in [2.24, 2.45) is 0 Å². The molecule has 0 fully saturated rings. The van der Waals surface area contributed by atoms with E-state index in [-0.39, 0.29) is 11.6 Å². The lowest BCUT2D eigenvalue weighted by molar-refractivity contribution is 0.0981. The maximum Gasteiger partial charge on any atom is 0.162 e. The van der Waals surface area contributed by atoms with Crippen LogP contribution in [0.5, 0.6) is 11.5 Å². The van der Waals surface area contributed by atoms with E-state index >= 15 is 0 Å². The van der Waals surface area contributed by atoms with Crippen molar-refractivity contribution in [1.29, 1.82) is 0 Å². The fourth-order valence-electron chi connectivity index (χ4n) is 3.14. The van der Waals surface area contributed by atoms with Gasteiger partial charge in [0.05, 0.1) is 19.4 Å². The molecule has 0 spiro atoms. The molecule has 0 N–H and O–H groups in total. The van der Waals surface area contributed by atoms with Crippen LogP contribution in [0.4, 0.5) is 0 Å². The van der Waals surface area contributed by atoms with Crippen molar-refractivity contribution in [1.82, 2.24) is 4.57 Å². The van der Waals surface area contributed by atoms with Gasteiger partial charge in [0.15, 0.2) is 11.6 Å². The summed E-state index contributed by atoms with van der Waals surface area (Å²) in [6, 6.07) is 5.51. The molecule has 0 amide bonds. The van der Waals surface area contributed by atoms with Crippen LogP contribution in [0.2, 0.25) is 0 Å². The molecule has 5 nitrogen and oxygen atoms in total. The van der Waals surface area contributed by atoms with Crippen molar-refractivity contribution in [2.75, 3.05) is 13.7 Å². The van der Waals surface area contributed by atoms with Gasteiger partial charge in [-0.2, -0.15) is 0 Å². The Morgan fingerprint density at radius 3 is 2.00 bits per heavy atom. The number of ketones is 2. The number of carbonyl (C=O) groups is 2. The second-order valence-electron chi connectivity index (χ2n) is 5.64. The SMILES string of the molecule is CCOc1cc(OC)ccc1-n1c(C)c(C(C)=O)c(C(C)=O)c1C. The molecule has 0 saturated heterocycles. The van der Waals surface area contributed by atoms with Crippen LogP contribution in [-0.2, 0) is 0 Å². The van der Waals surface area contributed by atoms with Crippen LogP contribution < -0.4 is 9.47 Å². The van der Waals surface area contributed by atoms with E-state index in [1.165, 1.54) is 13.8 Å². The van der Waals surface area contributed by atoms with Gasteiger partial charge >= 0.3 is 0 Å². The zero-order valence-electron chi connectivity index (χ0n) is 15.0. The average molecular weight is 329 g/mol. The molecule has 0 radical (unpaired) electrons. The van der Waals surface area contributed by atoms with Crippen LogP contribution in [0, 0.1) is 13.8 Å². The summed E-state index contributed by atoms with van der Waals surface area (Å²) in [7, 11) is 1.60. The highest BCUT2D eigenvalue weighted by Gasteiger charge is 2.25. The summed E-state index contributed by atoms with van der Waals surface area (Å²) in [5.41, 5.74) is 3.19. The number of methoxy groups -OCH3 is 1. The van der Waals surface area contributed by atoms with Crippen molar-refractivity contribution < 1.29 is 19.1 Å². The molecule has 0 aliphatic rings. The van der Waals surface area contributed by atoms with E-state index < -0.39 is 0 Å². The van der Waals surface area contributed by atoms with E-state index in [2.05, 4.69) is 0 Å². The number of benzene rings is 1. The summed E-state index contributed by atoms with van der Waals surface area (Å²) < 4.78 is 12.9. The second kappa shape index (κ2) is 6.91. The van der Waals surface area contributed by atoms with Gasteiger partial charge in [0.2, 0.25) is 0 Å². The molecule has 0 aliphatic carbocycles. The highest BCUT2D eigenvalue weighted by atomic mass is 16.5. The zero-order valence-corrected chi connectivity index (χ0v) is 15.0. The van der Waals surface area contributed by atoms with Crippen molar-refractivity contribution in [3.05, 3.63) is 40.7 Å². The van der Waals surface area contributed by atoms with Gasteiger partial charge in [0.1, 0.15) is 11.5 Å². The Bertz CT molecular complexity index is 765. The highest BCUT2D eigenvalue weighted by Crippen LogP contribution is 2.34. The smallest absolute Gasteiger partial charge is 0.162 e. The molecule has 0 saturated carbocycles. The van der Waals surface area contributed by atoms with Gasteiger partial charge in [-0.1, -0.05) is 0 Å². The van der Waals surface area contributed by atoms with Crippen LogP contribution >= 0.6 is 0 Å². The lowest BCUT2D eigenvalue weighted by Crippen LogP contribution is -2.05. The Morgan fingerprint density at radius 2 is 1.58 bits per heavy atom. The van der Waals surface area contributed by atoms with E-state index in [1.54, 1.807) is 13.2 Å². The van der Waals surface area contributed by atoms with Gasteiger partial charge in [0.25, 0.3) is 0 Å². The molecule has 0 unspecified atom stereocenters. The molecular formula is C19H23NO4. The van der Waals surface area contributed by atoms with Crippen LogP contribution in [-0.4, -0.2) is 29.9 Å². The van der Waals surface area contributed by atoms with Crippen molar-refractivity contribution >= 4 is 11.6 Å². The van der Waals surface area contributed by atoms with Gasteiger partial charge in [0, 0.05) is 28.6 Å². The first kappa shape index (κ1) is 17.8. The maximum absolute atomic E-state index is 12.1. The monoisotopic (exact) mass is 329 g/mol. The third-order valence-corrected chi connectivity index (χ3v) is 4.06. The number of nitrogens with zero attached hydrogens (tertiary/aromatic N) is 1. The zero-order chi connectivity index (χ0) is 18.0. The van der Waals surface area contributed by atoms with Gasteiger partial charge in [-0.15, -0.1) is 0 Å². The molecule has 2 aromatic rings. The second-order valence-corrected chi connectivity index (χ2v) is 5.64. The third-order valence-electron chi connectivity index (χ3n) is 4.06. The van der Waals surface area contributed by atoms with Crippen LogP contribution in [0.1, 0.15) is 52.9 Å². The topological polar surface area (TPSA) is 57.5 Å². The number of carbonyl (C=O) groups excluding carboxylic acids is 2. The Kier molecular flexibility index (Phi) is 5.12. The van der Waals surface area contributed by atoms with Gasteiger partial charge in [-0.25, -0.2) is 0 Å². The van der Waals surface area contributed by atoms with E-state index in [0.717, 1.165) is 17.1 Å². The quantitative estimate of drug-likeness (QED) is 0.754. The number of aromatic nitrogens is 1. The molecule has 1 aromatic heterocycles. The van der Waals surface area contributed by atoms with Crippen LogP contribution in [0.25, 0.3) is 5.69 Å². The van der Waals surface area contributed by atoms with Crippen LogP contribution in [0.15, 0.2) is 18.2 Å². The number of ether oxygens (including phenoxy) is 2. The lowest BCUT2D eigenvalue weighted by Gasteiger charge is -2.16. The first-order valence-corrected chi connectivity index (χ1v) is 7.88. The average Bonchev–Trinajstić information content (AvgIpc) is 2.79. The minimum absolute atomic E-state index is 0.119. The van der Waals surface area contributed by atoms with E-state index in [0.29, 0.717) is 29.2 Å². The van der Waals surface area contributed by atoms with Crippen LogP contribution in [0.3, 0.4) is 0 Å². The fourth-order valence-corrected chi connectivity index (χ4v) is 3.14. The summed E-state index contributed by atoms with van der Waals surface area (Å²) in [4.78, 5) is 24.2. The molecule has 0 bridgehead atoms. The predicted molar refractivity (Wildman–Crippen MR) is 93.0 cm³/mol. The van der Waals surface area contributed by atoms with E-state index in [4.69, 9.17) is 9.47 Å². The molecule has 24 heavy (non-hydrogen) atoms. The standard InChI is InChI=1S/C19H23NO4/c1-7-24-17-10-15(23-6)8-9-16(17)20-11(2)18(13(4)21)19(12(20)3)14(5)22/h8-10H,7H2,1-6H3. The Balaban J connectivity index is 2.80. The predicted octanol–water partition coefficient (Wildman–Crippen LogP) is 3.91. The molecule has 1 aromatic carbocycles. The van der Waals surface area contributed by atoms with Gasteiger partial charge in [-0.3, -0.25) is 9.59 Å². The molecule has 0 aliphatic heterocycles. The Labute approximate surface area is 142 Å². The summed E-state index contributed by atoms with van der Waals surface area (Å²) in [6.07, 6.45) is 0. The summed E-state index contributed by atoms with van der Waals surface area (Å²) in [5.74, 6) is 1.09. The normalized spacial score (nSPS) is 10.6. The Morgan fingerprint density at radius 1 is 1.04 bits per heavy atom. The minimum Gasteiger partial charge on any atom is -0.497 e. The van der Waals surface area contributed by atoms with E-state index in [1.807, 2.05) is 37.5 Å². The number of rotatable bonds is 6. The highest BCUT2D eigenvalue weighted by molar-refractivity contribution is 6.09. The first-order chi connectivity index (χ1) is 11.3. The summed E-state index contributed by atoms with van der Waals surface area (Å²) >= 11 is 0. The lowest BCUT2D eigenvalue weighted by atomic mass is 10.0. The third kappa shape index (κ3) is 2.94. The van der Waals surface area contributed by atoms with E-state index in [9.17, 15) is 9.59 Å². The minimum atomic E-state index is -0.119. The largest absolute Gasteiger partial charge is 0.497 e. The van der Waals surface area contributed by atoms with Crippen molar-refractivity contribution in [2.45, 2.75) is 34.6 Å². The molecule has 1 heterocycles. The molecule has 0 atom stereocenters. The summed E-state index contributed by atoms with van der Waals surface area (Å²) in [6.45, 7) is 9.05. The van der Waals surface area contributed by atoms with Crippen molar-refractivity contribution in [3.63, 3.8) is 0 Å². The first-order valence-electron chi connectivity index (χ1n) is 7.88. The molecular weight excluding hydrogens is 306 g/mol. The summed E-state index contributed by atoms with van der Waals surface area (Å²) in [5, 5.41) is 0. The fraction of sp³-hybridized carbons (Fsp3) is 0.368. The maximum atomic E-state index is 12.1. The van der Waals surface area contributed by atoms with Crippen molar-refractivity contribution in [3.8, 4) is 17.2 Å². The van der Waals surface area contributed by atoms with Gasteiger partial charge in [-0.05, 0) is 46.8 Å². The number of Topliss-reactive ketones (excluding diaryl/α,β-unsaturated/α-hetero) is 2. The molecule has 2 rings (SSSR count). The number of hydrogen-bond acceptors (Lipinski definition) is 4. The molecule has 128 valence electrons. The molecule has 5 heteroatoms. The Hall–Kier alpha value is -2.56. The van der Waals surface area contributed by atoms with Gasteiger partial charge < -0.3 is 14.0 Å².